The van der Waals surface area contributed by atoms with Crippen molar-refractivity contribution in [3.63, 3.8) is 0 Å². The van der Waals surface area contributed by atoms with E-state index < -0.39 is 6.10 Å². The fraction of sp³-hybridized carbons (Fsp3) is 0.625. The Kier molecular flexibility index (Phi) is 60.9. The minimum Gasteiger partial charge on any atom is -0.462 e. The maximum Gasteiger partial charge on any atom is 0.306 e. The van der Waals surface area contributed by atoms with Crippen LogP contribution in [0.4, 0.5) is 0 Å². The first kappa shape index (κ1) is 73.3. The Morgan fingerprint density at radius 3 is 0.821 bits per heavy atom. The number of carbonyl (C=O) groups is 3. The molecule has 78 heavy (non-hydrogen) atoms. The lowest BCUT2D eigenvalue weighted by Gasteiger charge is -2.18. The molecular weight excluding hydrogens is 961 g/mol. The Hall–Kier alpha value is -4.71. The second-order valence-corrected chi connectivity index (χ2v) is 20.6. The number of allylic oxidation sites excluding steroid dienone is 24. The summed E-state index contributed by atoms with van der Waals surface area (Å²) in [5.74, 6) is -0.956. The number of rotatable bonds is 56. The first-order chi connectivity index (χ1) is 38.5. The van der Waals surface area contributed by atoms with Crippen LogP contribution in [-0.2, 0) is 28.6 Å². The molecular formula is C72H116O6. The fourth-order valence-electron chi connectivity index (χ4n) is 8.32. The zero-order valence-corrected chi connectivity index (χ0v) is 50.4. The number of hydrogen-bond acceptors (Lipinski definition) is 6. The average molecular weight is 1080 g/mol. The normalized spacial score (nSPS) is 13.1. The Morgan fingerprint density at radius 1 is 0.269 bits per heavy atom. The van der Waals surface area contributed by atoms with Gasteiger partial charge in [-0.1, -0.05) is 269 Å². The van der Waals surface area contributed by atoms with Crippen molar-refractivity contribution >= 4 is 17.9 Å². The van der Waals surface area contributed by atoms with Crippen molar-refractivity contribution in [3.8, 4) is 0 Å². The summed E-state index contributed by atoms with van der Waals surface area (Å²) in [6.07, 6.45) is 92.9. The molecule has 0 aliphatic carbocycles. The summed E-state index contributed by atoms with van der Waals surface area (Å²) in [7, 11) is 0. The van der Waals surface area contributed by atoms with Crippen molar-refractivity contribution in [2.45, 2.75) is 277 Å². The Bertz CT molecular complexity index is 1710. The van der Waals surface area contributed by atoms with E-state index in [2.05, 4.69) is 167 Å². The molecule has 0 N–H and O–H groups in total. The molecule has 0 heterocycles. The standard InChI is InChI=1S/C72H116O6/c1-4-7-10-13-16-19-21-23-25-27-29-30-31-32-33-34-35-36-37-38-39-40-41-42-43-45-46-48-50-53-56-59-62-65-71(74)77-68-69(67-76-70(73)64-61-58-55-52-18-15-12-9-6-3)78-72(75)66-63-60-57-54-51-49-47-44-28-26-24-22-20-17-14-11-8-5-2/h7,10,16,19-20,22-23,25-26,28-30,32-33,35-36,38-39,41-42,45-46,50,53,69H,4-6,8-9,11-15,17-18,21,24,27,31,34,37,40,43-44,47-49,51-52,54-68H2,1-3H3/b10-7-,19-16-,22-20-,25-23-,28-26-,30-29-,33-32-,36-35-,39-38-,42-41-,46-45-,53-50-. The second kappa shape index (κ2) is 64.8. The molecule has 1 atom stereocenters. The summed E-state index contributed by atoms with van der Waals surface area (Å²) < 4.78 is 16.8. The van der Waals surface area contributed by atoms with Crippen LogP contribution >= 0.6 is 0 Å². The highest BCUT2D eigenvalue weighted by Gasteiger charge is 2.19. The molecule has 6 heteroatoms. The van der Waals surface area contributed by atoms with Crippen LogP contribution < -0.4 is 0 Å². The van der Waals surface area contributed by atoms with Gasteiger partial charge in [0.25, 0.3) is 0 Å². The van der Waals surface area contributed by atoms with Crippen LogP contribution in [0.1, 0.15) is 271 Å². The molecule has 1 unspecified atom stereocenters. The molecule has 0 aromatic carbocycles. The molecule has 0 spiro atoms. The molecule has 6 nitrogen and oxygen atoms in total. The van der Waals surface area contributed by atoms with Crippen molar-refractivity contribution in [2.24, 2.45) is 0 Å². The van der Waals surface area contributed by atoms with Gasteiger partial charge in [-0.15, -0.1) is 0 Å². The molecule has 0 aliphatic rings. The van der Waals surface area contributed by atoms with E-state index in [1.54, 1.807) is 0 Å². The van der Waals surface area contributed by atoms with Gasteiger partial charge in [-0.05, 0) is 128 Å². The van der Waals surface area contributed by atoms with Crippen molar-refractivity contribution in [1.29, 1.82) is 0 Å². The molecule has 0 saturated carbocycles. The van der Waals surface area contributed by atoms with Crippen LogP contribution in [0, 0.1) is 0 Å². The van der Waals surface area contributed by atoms with Gasteiger partial charge in [0.2, 0.25) is 0 Å². The van der Waals surface area contributed by atoms with Crippen LogP contribution in [0.15, 0.2) is 146 Å². The predicted molar refractivity (Wildman–Crippen MR) is 339 cm³/mol. The van der Waals surface area contributed by atoms with Gasteiger partial charge in [0, 0.05) is 19.3 Å². The van der Waals surface area contributed by atoms with Gasteiger partial charge in [0.1, 0.15) is 13.2 Å². The van der Waals surface area contributed by atoms with E-state index >= 15 is 0 Å². The van der Waals surface area contributed by atoms with E-state index in [9.17, 15) is 14.4 Å². The first-order valence-electron chi connectivity index (χ1n) is 31.8. The molecule has 0 aromatic heterocycles. The van der Waals surface area contributed by atoms with Gasteiger partial charge < -0.3 is 14.2 Å². The summed E-state index contributed by atoms with van der Waals surface area (Å²) in [4.78, 5) is 38.1. The third-order valence-corrected chi connectivity index (χ3v) is 13.1. The van der Waals surface area contributed by atoms with E-state index in [4.69, 9.17) is 14.2 Å². The minimum absolute atomic E-state index is 0.0977. The molecule has 0 saturated heterocycles. The summed E-state index contributed by atoms with van der Waals surface area (Å²) in [5.41, 5.74) is 0. The van der Waals surface area contributed by atoms with E-state index in [0.717, 1.165) is 128 Å². The summed E-state index contributed by atoms with van der Waals surface area (Å²) in [6, 6.07) is 0. The van der Waals surface area contributed by atoms with Crippen molar-refractivity contribution < 1.29 is 28.6 Å². The number of hydrogen-bond donors (Lipinski definition) is 0. The van der Waals surface area contributed by atoms with Crippen molar-refractivity contribution in [1.82, 2.24) is 0 Å². The van der Waals surface area contributed by atoms with Crippen molar-refractivity contribution in [3.05, 3.63) is 146 Å². The Labute approximate surface area is 480 Å². The summed E-state index contributed by atoms with van der Waals surface area (Å²) in [6.45, 7) is 6.44. The van der Waals surface area contributed by atoms with E-state index in [1.807, 2.05) is 0 Å². The zero-order chi connectivity index (χ0) is 56.4. The summed E-state index contributed by atoms with van der Waals surface area (Å²) in [5, 5.41) is 0. The largest absolute Gasteiger partial charge is 0.462 e. The number of carbonyl (C=O) groups excluding carboxylic acids is 3. The van der Waals surface area contributed by atoms with Crippen molar-refractivity contribution in [2.75, 3.05) is 13.2 Å². The lowest BCUT2D eigenvalue weighted by atomic mass is 10.1. The molecule has 440 valence electrons. The van der Waals surface area contributed by atoms with Gasteiger partial charge in [-0.2, -0.15) is 0 Å². The van der Waals surface area contributed by atoms with Gasteiger partial charge in [0.15, 0.2) is 6.10 Å². The maximum absolute atomic E-state index is 12.9. The van der Waals surface area contributed by atoms with Crippen LogP contribution in [-0.4, -0.2) is 37.2 Å². The molecule has 0 aliphatic heterocycles. The van der Waals surface area contributed by atoms with Crippen LogP contribution in [0.3, 0.4) is 0 Å². The monoisotopic (exact) mass is 1080 g/mol. The molecule has 0 bridgehead atoms. The SMILES string of the molecule is CC/C=C\C/C=C\C/C=C\C/C=C\C/C=C\C/C=C\C/C=C\C/C=C\C/C=C\C/C=C\CCCCC(=O)OCC(COC(=O)CCCCCCCCCCC)OC(=O)CCCCCCCCC/C=C\C/C=C\CCCCCC. The third-order valence-electron chi connectivity index (χ3n) is 13.1. The Balaban J connectivity index is 4.33. The molecule has 0 aromatic rings. The van der Waals surface area contributed by atoms with E-state index in [1.165, 1.54) is 96.3 Å². The third kappa shape index (κ3) is 62.1. The lowest BCUT2D eigenvalue weighted by Crippen LogP contribution is -2.30. The highest BCUT2D eigenvalue weighted by atomic mass is 16.6. The molecule has 0 amide bonds. The minimum atomic E-state index is -0.804. The van der Waals surface area contributed by atoms with E-state index in [-0.39, 0.29) is 31.1 Å². The molecule has 0 rings (SSSR count). The van der Waals surface area contributed by atoms with Gasteiger partial charge in [-0.25, -0.2) is 0 Å². The maximum atomic E-state index is 12.9. The molecule has 0 radical (unpaired) electrons. The smallest absolute Gasteiger partial charge is 0.306 e. The molecule has 0 fully saturated rings. The van der Waals surface area contributed by atoms with Crippen LogP contribution in [0.25, 0.3) is 0 Å². The quantitative estimate of drug-likeness (QED) is 0.0261. The van der Waals surface area contributed by atoms with Crippen LogP contribution in [0.5, 0.6) is 0 Å². The average Bonchev–Trinajstić information content (AvgIpc) is 3.44. The predicted octanol–water partition coefficient (Wildman–Crippen LogP) is 21.9. The highest BCUT2D eigenvalue weighted by Crippen LogP contribution is 2.14. The highest BCUT2D eigenvalue weighted by molar-refractivity contribution is 5.71. The first-order valence-corrected chi connectivity index (χ1v) is 31.8. The van der Waals surface area contributed by atoms with Gasteiger partial charge in [0.05, 0.1) is 0 Å². The number of esters is 3. The second-order valence-electron chi connectivity index (χ2n) is 20.6. The van der Waals surface area contributed by atoms with Gasteiger partial charge >= 0.3 is 17.9 Å². The number of unbranched alkanes of at least 4 members (excludes halogenated alkanes) is 21. The Morgan fingerprint density at radius 2 is 0.500 bits per heavy atom. The zero-order valence-electron chi connectivity index (χ0n) is 50.4. The number of ether oxygens (including phenoxy) is 3. The van der Waals surface area contributed by atoms with E-state index in [0.29, 0.717) is 25.7 Å². The van der Waals surface area contributed by atoms with Crippen LogP contribution in [0.2, 0.25) is 0 Å². The summed E-state index contributed by atoms with van der Waals surface area (Å²) >= 11 is 0. The van der Waals surface area contributed by atoms with Gasteiger partial charge in [-0.3, -0.25) is 14.4 Å². The lowest BCUT2D eigenvalue weighted by molar-refractivity contribution is -0.167. The topological polar surface area (TPSA) is 78.9 Å². The fourth-order valence-corrected chi connectivity index (χ4v) is 8.32.